The van der Waals surface area contributed by atoms with Crippen molar-refractivity contribution < 1.29 is 19.2 Å². The maximum absolute atomic E-state index is 12.2. The number of carboxylic acid groups (broad SMARTS) is 1. The van der Waals surface area contributed by atoms with Crippen molar-refractivity contribution in [3.8, 4) is 0 Å². The molecule has 1 heterocycles. The number of nitrogens with zero attached hydrogens (tertiary/aromatic N) is 1. The van der Waals surface area contributed by atoms with Crippen molar-refractivity contribution in [2.24, 2.45) is 0 Å². The van der Waals surface area contributed by atoms with Crippen molar-refractivity contribution in [3.05, 3.63) is 29.0 Å². The summed E-state index contributed by atoms with van der Waals surface area (Å²) in [6.45, 7) is 4.70. The molecule has 0 aliphatic carbocycles. The van der Waals surface area contributed by atoms with E-state index < -0.39 is 5.97 Å². The minimum absolute atomic E-state index is 0.0206. The molecule has 0 saturated carbocycles. The molecule has 0 aliphatic rings. The number of fused-ring (bicyclic) bond motifs is 1. The molecule has 0 atom stereocenters. The van der Waals surface area contributed by atoms with E-state index in [1.165, 1.54) is 6.42 Å². The van der Waals surface area contributed by atoms with Crippen LogP contribution in [0.5, 0.6) is 0 Å². The second-order valence-corrected chi connectivity index (χ2v) is 7.59. The third kappa shape index (κ3) is 7.33. The average molecular weight is 389 g/mol. The quantitative estimate of drug-likeness (QED) is 0.485. The van der Waals surface area contributed by atoms with Gasteiger partial charge in [-0.2, -0.15) is 0 Å². The van der Waals surface area contributed by atoms with E-state index in [-0.39, 0.29) is 18.7 Å². The van der Waals surface area contributed by atoms with Crippen LogP contribution in [0.15, 0.2) is 16.7 Å². The largest absolute Gasteiger partial charge is 0.481 e. The van der Waals surface area contributed by atoms with Crippen molar-refractivity contribution in [1.82, 2.24) is 10.5 Å². The lowest BCUT2D eigenvalue weighted by molar-refractivity contribution is -0.137. The molecule has 0 unspecified atom stereocenters. The van der Waals surface area contributed by atoms with Crippen LogP contribution >= 0.6 is 0 Å². The van der Waals surface area contributed by atoms with Crippen molar-refractivity contribution in [2.75, 3.05) is 6.54 Å². The number of benzene rings is 1. The van der Waals surface area contributed by atoms with E-state index in [1.54, 1.807) is 0 Å². The van der Waals surface area contributed by atoms with Crippen LogP contribution in [0.2, 0.25) is 0 Å². The third-order valence-corrected chi connectivity index (χ3v) is 4.94. The van der Waals surface area contributed by atoms with Gasteiger partial charge in [0.25, 0.3) is 0 Å². The number of carbonyl (C=O) groups is 2. The molecular formula is C22H32N2O4. The van der Waals surface area contributed by atoms with Crippen molar-refractivity contribution in [2.45, 2.75) is 78.1 Å². The lowest BCUT2D eigenvalue weighted by Crippen LogP contribution is -2.26. The first-order valence-electron chi connectivity index (χ1n) is 10.3. The van der Waals surface area contributed by atoms with Gasteiger partial charge < -0.3 is 14.9 Å². The Bertz CT molecular complexity index is 782. The molecule has 6 nitrogen and oxygen atoms in total. The Morgan fingerprint density at radius 1 is 1.00 bits per heavy atom. The Balaban J connectivity index is 1.56. The molecule has 2 aromatic rings. The Hall–Kier alpha value is -2.37. The number of aryl methyl sites for hydroxylation is 2. The summed E-state index contributed by atoms with van der Waals surface area (Å²) < 4.78 is 5.39. The van der Waals surface area contributed by atoms with Gasteiger partial charge in [-0.15, -0.1) is 0 Å². The second-order valence-electron chi connectivity index (χ2n) is 7.59. The molecule has 28 heavy (non-hydrogen) atoms. The first kappa shape index (κ1) is 21.9. The zero-order valence-corrected chi connectivity index (χ0v) is 17.1. The van der Waals surface area contributed by atoms with Crippen LogP contribution in [0.4, 0.5) is 0 Å². The molecule has 0 radical (unpaired) electrons. The summed E-state index contributed by atoms with van der Waals surface area (Å²) in [4.78, 5) is 22.6. The highest BCUT2D eigenvalue weighted by atomic mass is 16.5. The van der Waals surface area contributed by atoms with Crippen LogP contribution in [-0.4, -0.2) is 28.7 Å². The van der Waals surface area contributed by atoms with Crippen LogP contribution in [-0.2, 0) is 16.0 Å². The fourth-order valence-corrected chi connectivity index (χ4v) is 3.47. The number of amides is 1. The summed E-state index contributed by atoms with van der Waals surface area (Å²) in [5.74, 6) is -0.725. The average Bonchev–Trinajstić information content (AvgIpc) is 3.02. The monoisotopic (exact) mass is 388 g/mol. The van der Waals surface area contributed by atoms with E-state index >= 15 is 0 Å². The number of hydrogen-bond acceptors (Lipinski definition) is 4. The molecule has 0 aliphatic heterocycles. The third-order valence-electron chi connectivity index (χ3n) is 4.94. The normalized spacial score (nSPS) is 11.1. The first-order valence-corrected chi connectivity index (χ1v) is 10.3. The molecule has 0 fully saturated rings. The Labute approximate surface area is 166 Å². The fourth-order valence-electron chi connectivity index (χ4n) is 3.47. The van der Waals surface area contributed by atoms with Crippen LogP contribution < -0.4 is 5.32 Å². The van der Waals surface area contributed by atoms with Crippen molar-refractivity contribution in [3.63, 3.8) is 0 Å². The summed E-state index contributed by atoms with van der Waals surface area (Å²) in [5.41, 5.74) is 3.63. The van der Waals surface area contributed by atoms with Gasteiger partial charge in [0.05, 0.1) is 6.42 Å². The highest BCUT2D eigenvalue weighted by Crippen LogP contribution is 2.24. The van der Waals surface area contributed by atoms with E-state index in [0.717, 1.165) is 67.0 Å². The molecular weight excluding hydrogens is 356 g/mol. The standard InChI is InChI=1S/C22H32N2O4/c1-16-13-17(2)22-18(14-16)19(24-28-22)15-20(25)23-12-10-8-6-4-3-5-7-9-11-21(26)27/h13-14H,3-12,15H2,1-2H3,(H,23,25)(H,26,27). The first-order chi connectivity index (χ1) is 13.5. The summed E-state index contributed by atoms with van der Waals surface area (Å²) in [5, 5.41) is 16.6. The van der Waals surface area contributed by atoms with Crippen LogP contribution in [0.1, 0.15) is 74.6 Å². The topological polar surface area (TPSA) is 92.4 Å². The van der Waals surface area contributed by atoms with E-state index in [2.05, 4.69) is 10.5 Å². The predicted molar refractivity (Wildman–Crippen MR) is 109 cm³/mol. The van der Waals surface area contributed by atoms with Crippen molar-refractivity contribution in [1.29, 1.82) is 0 Å². The maximum Gasteiger partial charge on any atom is 0.303 e. The summed E-state index contributed by atoms with van der Waals surface area (Å²) >= 11 is 0. The van der Waals surface area contributed by atoms with Gasteiger partial charge in [0.1, 0.15) is 5.69 Å². The number of unbranched alkanes of at least 4 members (excludes halogenated alkanes) is 7. The molecule has 2 rings (SSSR count). The second kappa shape index (κ2) is 11.5. The SMILES string of the molecule is Cc1cc(C)c2onc(CC(=O)NCCCCCCCCCCC(=O)O)c2c1. The zero-order chi connectivity index (χ0) is 20.4. The highest BCUT2D eigenvalue weighted by molar-refractivity contribution is 5.88. The molecule has 0 spiro atoms. The molecule has 2 N–H and O–H groups in total. The number of aliphatic carboxylic acids is 1. The lowest BCUT2D eigenvalue weighted by atomic mass is 10.1. The van der Waals surface area contributed by atoms with E-state index in [0.29, 0.717) is 12.2 Å². The fraction of sp³-hybridized carbons (Fsp3) is 0.591. The van der Waals surface area contributed by atoms with E-state index in [9.17, 15) is 9.59 Å². The molecule has 154 valence electrons. The number of aromatic nitrogens is 1. The highest BCUT2D eigenvalue weighted by Gasteiger charge is 2.14. The van der Waals surface area contributed by atoms with Crippen LogP contribution in [0.3, 0.4) is 0 Å². The number of carbonyl (C=O) groups excluding carboxylic acids is 1. The van der Waals surface area contributed by atoms with Gasteiger partial charge in [0.15, 0.2) is 5.58 Å². The number of nitrogens with one attached hydrogen (secondary N) is 1. The predicted octanol–water partition coefficient (Wildman–Crippen LogP) is 4.70. The van der Waals surface area contributed by atoms with E-state index in [1.807, 2.05) is 26.0 Å². The Kier molecular flexibility index (Phi) is 8.98. The molecule has 1 aromatic carbocycles. The van der Waals surface area contributed by atoms with Gasteiger partial charge >= 0.3 is 5.97 Å². The summed E-state index contributed by atoms with van der Waals surface area (Å²) in [6.07, 6.45) is 8.96. The molecule has 0 saturated heterocycles. The van der Waals surface area contributed by atoms with Gasteiger partial charge in [0, 0.05) is 18.4 Å². The molecule has 6 heteroatoms. The minimum Gasteiger partial charge on any atom is -0.481 e. The lowest BCUT2D eigenvalue weighted by Gasteiger charge is -2.05. The number of hydrogen-bond donors (Lipinski definition) is 2. The smallest absolute Gasteiger partial charge is 0.303 e. The van der Waals surface area contributed by atoms with Crippen LogP contribution in [0, 0.1) is 13.8 Å². The Morgan fingerprint density at radius 3 is 2.32 bits per heavy atom. The van der Waals surface area contributed by atoms with Gasteiger partial charge in [-0.25, -0.2) is 0 Å². The Morgan fingerprint density at radius 2 is 1.64 bits per heavy atom. The van der Waals surface area contributed by atoms with Crippen LogP contribution in [0.25, 0.3) is 11.0 Å². The van der Waals surface area contributed by atoms with E-state index in [4.69, 9.17) is 9.63 Å². The number of carboxylic acids is 1. The maximum atomic E-state index is 12.2. The van der Waals surface area contributed by atoms with Gasteiger partial charge in [-0.1, -0.05) is 49.7 Å². The molecule has 1 aromatic heterocycles. The minimum atomic E-state index is -0.705. The number of rotatable bonds is 13. The summed E-state index contributed by atoms with van der Waals surface area (Å²) in [6, 6.07) is 4.07. The van der Waals surface area contributed by atoms with Gasteiger partial charge in [0.2, 0.25) is 5.91 Å². The summed E-state index contributed by atoms with van der Waals surface area (Å²) in [7, 11) is 0. The molecule has 0 bridgehead atoms. The van der Waals surface area contributed by atoms with Crippen molar-refractivity contribution >= 4 is 22.8 Å². The van der Waals surface area contributed by atoms with Gasteiger partial charge in [-0.3, -0.25) is 9.59 Å². The zero-order valence-electron chi connectivity index (χ0n) is 17.1. The molecule has 1 amide bonds. The van der Waals surface area contributed by atoms with Gasteiger partial charge in [-0.05, 0) is 43.9 Å².